The lowest BCUT2D eigenvalue weighted by Gasteiger charge is -2.08. The van der Waals surface area contributed by atoms with Gasteiger partial charge in [0.25, 0.3) is 0 Å². The van der Waals surface area contributed by atoms with Crippen LogP contribution in [0.5, 0.6) is 0 Å². The summed E-state index contributed by atoms with van der Waals surface area (Å²) in [6.45, 7) is 2.26. The second-order valence-electron chi connectivity index (χ2n) is 5.15. The summed E-state index contributed by atoms with van der Waals surface area (Å²) in [6, 6.07) is 9.14. The molecule has 1 aromatic rings. The number of hydrogen-bond acceptors (Lipinski definition) is 0. The second-order valence-corrected chi connectivity index (χ2v) is 5.15. The number of aryl methyl sites for hydroxylation is 1. The summed E-state index contributed by atoms with van der Waals surface area (Å²) in [5.74, 6) is 0. The number of hydrogen-bond donors (Lipinski definition) is 0. The minimum absolute atomic E-state index is 1.19. The van der Waals surface area contributed by atoms with Crippen molar-refractivity contribution in [1.29, 1.82) is 0 Å². The van der Waals surface area contributed by atoms with Gasteiger partial charge in [0.1, 0.15) is 7.28 Å². The second kappa shape index (κ2) is 7.26. The van der Waals surface area contributed by atoms with Gasteiger partial charge in [0.15, 0.2) is 0 Å². The van der Waals surface area contributed by atoms with Gasteiger partial charge >= 0.3 is 0 Å². The molecule has 18 heavy (non-hydrogen) atoms. The molecule has 1 heteroatoms. The van der Waals surface area contributed by atoms with Gasteiger partial charge in [-0.05, 0) is 36.0 Å². The number of allylic oxidation sites excluding steroid dienone is 4. The van der Waals surface area contributed by atoms with Gasteiger partial charge in [-0.25, -0.2) is 0 Å². The molecular formula is C17H23B. The van der Waals surface area contributed by atoms with Gasteiger partial charge in [0, 0.05) is 0 Å². The van der Waals surface area contributed by atoms with Gasteiger partial charge in [-0.3, -0.25) is 0 Å². The first-order valence-corrected chi connectivity index (χ1v) is 7.36. The van der Waals surface area contributed by atoms with Gasteiger partial charge in [0.05, 0.1) is 0 Å². The van der Waals surface area contributed by atoms with E-state index in [1.165, 1.54) is 62.3 Å². The van der Waals surface area contributed by atoms with Crippen molar-refractivity contribution in [2.45, 2.75) is 45.2 Å². The molecule has 0 saturated carbocycles. The molecule has 0 amide bonds. The van der Waals surface area contributed by atoms with Crippen LogP contribution in [0.3, 0.4) is 0 Å². The Balaban J connectivity index is 1.89. The van der Waals surface area contributed by atoms with Crippen LogP contribution in [0.4, 0.5) is 0 Å². The summed E-state index contributed by atoms with van der Waals surface area (Å²) in [4.78, 5) is 0. The normalized spacial score (nSPS) is 14.4. The number of benzene rings is 1. The maximum atomic E-state index is 2.34. The van der Waals surface area contributed by atoms with Crippen molar-refractivity contribution in [3.8, 4) is 0 Å². The molecule has 0 heterocycles. The largest absolute Gasteiger partial charge is 0.120 e. The zero-order chi connectivity index (χ0) is 12.6. The summed E-state index contributed by atoms with van der Waals surface area (Å²) in [5.41, 5.74) is 4.23. The molecule has 1 aliphatic rings. The Morgan fingerprint density at radius 3 is 2.56 bits per heavy atom. The summed E-state index contributed by atoms with van der Waals surface area (Å²) < 4.78 is 0. The fourth-order valence-corrected chi connectivity index (χ4v) is 2.45. The van der Waals surface area contributed by atoms with E-state index in [1.54, 1.807) is 0 Å². The molecule has 0 fully saturated rings. The molecule has 0 bridgehead atoms. The highest BCUT2D eigenvalue weighted by Gasteiger charge is 2.01. The molecule has 0 aromatic heterocycles. The Kier molecular flexibility index (Phi) is 5.32. The van der Waals surface area contributed by atoms with Crippen molar-refractivity contribution in [1.82, 2.24) is 0 Å². The predicted octanol–water partition coefficient (Wildman–Crippen LogP) is 4.65. The molecule has 0 unspecified atom stereocenters. The minimum atomic E-state index is 1.19. The van der Waals surface area contributed by atoms with Gasteiger partial charge in [-0.1, -0.05) is 68.5 Å². The Hall–Kier alpha value is -1.24. The minimum Gasteiger partial charge on any atom is -0.0836 e. The standard InChI is InChI=1S/C17H23B/c1-2-13-18-14-12-15-8-10-17(11-9-15)16-6-4-3-5-7-16/h4,6-11,18H,2-3,5,12-14H2,1H3. The molecule has 0 spiro atoms. The Morgan fingerprint density at radius 2 is 1.89 bits per heavy atom. The van der Waals surface area contributed by atoms with Gasteiger partial charge in [-0.2, -0.15) is 0 Å². The highest BCUT2D eigenvalue weighted by Crippen LogP contribution is 2.21. The van der Waals surface area contributed by atoms with E-state index in [4.69, 9.17) is 0 Å². The Morgan fingerprint density at radius 1 is 1.06 bits per heavy atom. The summed E-state index contributed by atoms with van der Waals surface area (Å²) in [5, 5.41) is 0. The molecule has 94 valence electrons. The lowest BCUT2D eigenvalue weighted by Crippen LogP contribution is -1.93. The molecule has 1 aromatic carbocycles. The van der Waals surface area contributed by atoms with Crippen molar-refractivity contribution in [2.75, 3.05) is 0 Å². The van der Waals surface area contributed by atoms with Crippen molar-refractivity contribution in [2.24, 2.45) is 0 Å². The van der Waals surface area contributed by atoms with Crippen LogP contribution in [0.25, 0.3) is 5.57 Å². The van der Waals surface area contributed by atoms with E-state index >= 15 is 0 Å². The highest BCUT2D eigenvalue weighted by atomic mass is 14.1. The maximum Gasteiger partial charge on any atom is 0.120 e. The van der Waals surface area contributed by atoms with E-state index in [2.05, 4.69) is 49.4 Å². The Labute approximate surface area is 112 Å². The molecular weight excluding hydrogens is 215 g/mol. The highest BCUT2D eigenvalue weighted by molar-refractivity contribution is 6.35. The van der Waals surface area contributed by atoms with E-state index in [1.807, 2.05) is 0 Å². The average Bonchev–Trinajstić information content (AvgIpc) is 2.45. The van der Waals surface area contributed by atoms with Crippen molar-refractivity contribution < 1.29 is 0 Å². The van der Waals surface area contributed by atoms with Crippen molar-refractivity contribution in [3.05, 3.63) is 53.6 Å². The summed E-state index contributed by atoms with van der Waals surface area (Å²) in [7, 11) is 1.37. The fourth-order valence-electron chi connectivity index (χ4n) is 2.45. The van der Waals surface area contributed by atoms with Gasteiger partial charge < -0.3 is 0 Å². The quantitative estimate of drug-likeness (QED) is 0.500. The number of rotatable bonds is 6. The first kappa shape index (κ1) is 13.2. The third kappa shape index (κ3) is 3.91. The van der Waals surface area contributed by atoms with Gasteiger partial charge in [0.2, 0.25) is 0 Å². The fraction of sp³-hybridized carbons (Fsp3) is 0.412. The average molecular weight is 238 g/mol. The molecule has 0 radical (unpaired) electrons. The van der Waals surface area contributed by atoms with E-state index in [0.29, 0.717) is 0 Å². The lowest BCUT2D eigenvalue weighted by atomic mass is 9.68. The SMILES string of the molecule is CCCBCCc1ccc(C2=CCCC=C2)cc1. The molecule has 0 atom stereocenters. The maximum absolute atomic E-state index is 2.34. The van der Waals surface area contributed by atoms with E-state index in [-0.39, 0.29) is 0 Å². The van der Waals surface area contributed by atoms with Crippen LogP contribution in [0.2, 0.25) is 12.6 Å². The molecule has 0 N–H and O–H groups in total. The van der Waals surface area contributed by atoms with Gasteiger partial charge in [-0.15, -0.1) is 0 Å². The topological polar surface area (TPSA) is 0 Å². The molecule has 2 rings (SSSR count). The van der Waals surface area contributed by atoms with E-state index in [0.717, 1.165) is 0 Å². The first-order valence-electron chi connectivity index (χ1n) is 7.36. The van der Waals surface area contributed by atoms with Crippen LogP contribution in [0.1, 0.15) is 37.3 Å². The third-order valence-corrected chi connectivity index (χ3v) is 3.60. The smallest absolute Gasteiger partial charge is 0.0836 e. The zero-order valence-corrected chi connectivity index (χ0v) is 11.5. The molecule has 1 aliphatic carbocycles. The zero-order valence-electron chi connectivity index (χ0n) is 11.5. The predicted molar refractivity (Wildman–Crippen MR) is 83.6 cm³/mol. The van der Waals surface area contributed by atoms with E-state index in [9.17, 15) is 0 Å². The lowest BCUT2D eigenvalue weighted by molar-refractivity contribution is 1.04. The first-order chi connectivity index (χ1) is 8.90. The molecule has 0 saturated heterocycles. The van der Waals surface area contributed by atoms with E-state index < -0.39 is 0 Å². The van der Waals surface area contributed by atoms with Crippen LogP contribution in [-0.2, 0) is 6.42 Å². The van der Waals surface area contributed by atoms with Crippen molar-refractivity contribution in [3.63, 3.8) is 0 Å². The molecule has 0 nitrogen and oxygen atoms in total. The van der Waals surface area contributed by atoms with Crippen LogP contribution in [0.15, 0.2) is 42.5 Å². The Bertz CT molecular complexity index is 412. The van der Waals surface area contributed by atoms with Crippen molar-refractivity contribution >= 4 is 12.9 Å². The third-order valence-electron chi connectivity index (χ3n) is 3.60. The summed E-state index contributed by atoms with van der Waals surface area (Å²) >= 11 is 0. The van der Waals surface area contributed by atoms with Crippen LogP contribution < -0.4 is 0 Å². The van der Waals surface area contributed by atoms with Crippen LogP contribution in [0, 0.1) is 0 Å². The summed E-state index contributed by atoms with van der Waals surface area (Å²) in [6.07, 6.45) is 14.5. The van der Waals surface area contributed by atoms with Crippen LogP contribution >= 0.6 is 0 Å². The molecule has 0 aliphatic heterocycles. The van der Waals surface area contributed by atoms with Crippen LogP contribution in [-0.4, -0.2) is 7.28 Å². The monoisotopic (exact) mass is 238 g/mol.